The predicted octanol–water partition coefficient (Wildman–Crippen LogP) is 0.428. The van der Waals surface area contributed by atoms with Gasteiger partial charge in [-0.2, -0.15) is 0 Å². The summed E-state index contributed by atoms with van der Waals surface area (Å²) in [6.45, 7) is 1.13. The molecule has 2 rings (SSSR count). The zero-order chi connectivity index (χ0) is 13.2. The lowest BCUT2D eigenvalue weighted by molar-refractivity contribution is -0.129. The molecule has 0 unspecified atom stereocenters. The third-order valence-corrected chi connectivity index (χ3v) is 4.82. The van der Waals surface area contributed by atoms with Gasteiger partial charge >= 0.3 is 0 Å². The molecule has 2 N–H and O–H groups in total. The second kappa shape index (κ2) is 5.38. The monoisotopic (exact) mass is 288 g/mol. The second-order valence-electron chi connectivity index (χ2n) is 4.58. The summed E-state index contributed by atoms with van der Waals surface area (Å²) in [5.41, 5.74) is 0. The first-order valence-corrected chi connectivity index (χ1v) is 8.34. The van der Waals surface area contributed by atoms with E-state index in [-0.39, 0.29) is 17.6 Å². The third kappa shape index (κ3) is 3.79. The molecule has 2 heterocycles. The Morgan fingerprint density at radius 2 is 2.33 bits per heavy atom. The molecular formula is C11H16N2O3S2. The molecule has 1 fully saturated rings. The van der Waals surface area contributed by atoms with Crippen LogP contribution in [-0.2, 0) is 21.2 Å². The molecule has 0 aromatic carbocycles. The van der Waals surface area contributed by atoms with Crippen molar-refractivity contribution in [2.24, 2.45) is 11.1 Å². The maximum atomic E-state index is 12.0. The van der Waals surface area contributed by atoms with Gasteiger partial charge in [-0.05, 0) is 23.8 Å². The molecule has 1 aliphatic rings. The number of nitrogens with two attached hydrogens (primary N) is 1. The molecule has 0 aliphatic carbocycles. The van der Waals surface area contributed by atoms with Gasteiger partial charge in [0.1, 0.15) is 0 Å². The molecule has 1 aromatic heterocycles. The quantitative estimate of drug-likeness (QED) is 0.872. The third-order valence-electron chi connectivity index (χ3n) is 3.01. The van der Waals surface area contributed by atoms with Gasteiger partial charge in [0.2, 0.25) is 15.9 Å². The number of carbonyl (C=O) groups is 1. The van der Waals surface area contributed by atoms with Gasteiger partial charge < -0.3 is 4.90 Å². The van der Waals surface area contributed by atoms with Gasteiger partial charge in [-0.1, -0.05) is 6.07 Å². The first-order valence-electron chi connectivity index (χ1n) is 5.74. The topological polar surface area (TPSA) is 80.5 Å². The maximum Gasteiger partial charge on any atom is 0.227 e. The average Bonchev–Trinajstić information content (AvgIpc) is 2.86. The highest BCUT2D eigenvalue weighted by molar-refractivity contribution is 7.89. The summed E-state index contributed by atoms with van der Waals surface area (Å²) in [5, 5.41) is 6.96. The number of amides is 1. The fraction of sp³-hybridized carbons (Fsp3) is 0.545. The molecule has 0 saturated carbocycles. The summed E-state index contributed by atoms with van der Waals surface area (Å²) < 4.78 is 22.0. The van der Waals surface area contributed by atoms with Crippen molar-refractivity contribution in [1.82, 2.24) is 4.90 Å². The van der Waals surface area contributed by atoms with Crippen LogP contribution in [0.4, 0.5) is 0 Å². The zero-order valence-corrected chi connectivity index (χ0v) is 11.5. The highest BCUT2D eigenvalue weighted by Gasteiger charge is 2.28. The van der Waals surface area contributed by atoms with Crippen molar-refractivity contribution >= 4 is 27.3 Å². The molecule has 1 aliphatic heterocycles. The highest BCUT2D eigenvalue weighted by Crippen LogP contribution is 2.19. The van der Waals surface area contributed by atoms with E-state index in [0.717, 1.165) is 4.88 Å². The Hall–Kier alpha value is -0.920. The Morgan fingerprint density at radius 3 is 2.94 bits per heavy atom. The average molecular weight is 288 g/mol. The number of rotatable bonds is 4. The van der Waals surface area contributed by atoms with E-state index in [4.69, 9.17) is 5.14 Å². The van der Waals surface area contributed by atoms with Gasteiger partial charge in [0.25, 0.3) is 0 Å². The van der Waals surface area contributed by atoms with Gasteiger partial charge in [0.15, 0.2) is 0 Å². The minimum absolute atomic E-state index is 0.0210. The van der Waals surface area contributed by atoms with Crippen LogP contribution in [0.15, 0.2) is 17.5 Å². The molecule has 1 aromatic rings. The highest BCUT2D eigenvalue weighted by atomic mass is 32.2. The van der Waals surface area contributed by atoms with Crippen LogP contribution in [0.1, 0.15) is 11.3 Å². The summed E-state index contributed by atoms with van der Waals surface area (Å²) in [4.78, 5) is 14.7. The Bertz CT molecular complexity index is 510. The van der Waals surface area contributed by atoms with Gasteiger partial charge in [-0.15, -0.1) is 11.3 Å². The normalized spacial score (nSPS) is 20.3. The molecule has 1 atom stereocenters. The molecule has 0 spiro atoms. The van der Waals surface area contributed by atoms with Gasteiger partial charge in [0.05, 0.1) is 12.2 Å². The summed E-state index contributed by atoms with van der Waals surface area (Å²) in [6.07, 6.45) is 1.12. The molecule has 7 heteroatoms. The lowest BCUT2D eigenvalue weighted by Gasteiger charge is -2.15. The van der Waals surface area contributed by atoms with E-state index >= 15 is 0 Å². The number of hydrogen-bond acceptors (Lipinski definition) is 4. The SMILES string of the molecule is NS(=O)(=O)C[C@@H]1CCN(C(=O)Cc2cccs2)C1. The Labute approximate surface area is 111 Å². The van der Waals surface area contributed by atoms with Crippen LogP contribution < -0.4 is 5.14 Å². The molecule has 0 radical (unpaired) electrons. The standard InChI is InChI=1S/C11H16N2O3S2/c12-18(15,16)8-9-3-4-13(7-9)11(14)6-10-2-1-5-17-10/h1-2,5,9H,3-4,6-8H2,(H2,12,15,16)/t9-/m1/s1. The first kappa shape index (κ1) is 13.5. The molecule has 100 valence electrons. The summed E-state index contributed by atoms with van der Waals surface area (Å²) in [7, 11) is -3.44. The van der Waals surface area contributed by atoms with Crippen LogP contribution in [0.5, 0.6) is 0 Å². The Kier molecular flexibility index (Phi) is 4.04. The zero-order valence-electron chi connectivity index (χ0n) is 9.91. The van der Waals surface area contributed by atoms with Crippen molar-refractivity contribution < 1.29 is 13.2 Å². The Morgan fingerprint density at radius 1 is 1.56 bits per heavy atom. The molecule has 1 saturated heterocycles. The van der Waals surface area contributed by atoms with E-state index in [1.807, 2.05) is 17.5 Å². The van der Waals surface area contributed by atoms with Crippen LogP contribution in [0.25, 0.3) is 0 Å². The summed E-state index contributed by atoms with van der Waals surface area (Å²) in [5.74, 6) is 0.0112. The van der Waals surface area contributed by atoms with Crippen molar-refractivity contribution in [2.45, 2.75) is 12.8 Å². The van der Waals surface area contributed by atoms with Crippen molar-refractivity contribution in [2.75, 3.05) is 18.8 Å². The number of nitrogens with zero attached hydrogens (tertiary/aromatic N) is 1. The number of likely N-dealkylation sites (tertiary alicyclic amines) is 1. The number of thiophene rings is 1. The Balaban J connectivity index is 1.87. The van der Waals surface area contributed by atoms with Gasteiger partial charge in [-0.3, -0.25) is 4.79 Å². The van der Waals surface area contributed by atoms with Crippen LogP contribution in [-0.4, -0.2) is 38.1 Å². The fourth-order valence-corrected chi connectivity index (χ4v) is 3.82. The van der Waals surface area contributed by atoms with Crippen molar-refractivity contribution in [1.29, 1.82) is 0 Å². The van der Waals surface area contributed by atoms with Crippen LogP contribution in [0.3, 0.4) is 0 Å². The van der Waals surface area contributed by atoms with Crippen molar-refractivity contribution in [3.8, 4) is 0 Å². The van der Waals surface area contributed by atoms with E-state index < -0.39 is 10.0 Å². The number of primary sulfonamides is 1. The van der Waals surface area contributed by atoms with Crippen LogP contribution in [0.2, 0.25) is 0 Å². The van der Waals surface area contributed by atoms with E-state index in [9.17, 15) is 13.2 Å². The first-order chi connectivity index (χ1) is 8.44. The maximum absolute atomic E-state index is 12.0. The van der Waals surface area contributed by atoms with Crippen molar-refractivity contribution in [3.05, 3.63) is 22.4 Å². The van der Waals surface area contributed by atoms with Crippen LogP contribution >= 0.6 is 11.3 Å². The fourth-order valence-electron chi connectivity index (χ4n) is 2.20. The number of sulfonamides is 1. The molecule has 5 nitrogen and oxygen atoms in total. The number of carbonyl (C=O) groups excluding carboxylic acids is 1. The predicted molar refractivity (Wildman–Crippen MR) is 70.7 cm³/mol. The summed E-state index contributed by atoms with van der Waals surface area (Å²) in [6, 6.07) is 3.85. The molecule has 18 heavy (non-hydrogen) atoms. The minimum atomic E-state index is -3.44. The van der Waals surface area contributed by atoms with E-state index in [0.29, 0.717) is 25.9 Å². The van der Waals surface area contributed by atoms with Crippen molar-refractivity contribution in [3.63, 3.8) is 0 Å². The van der Waals surface area contributed by atoms with Gasteiger partial charge in [-0.25, -0.2) is 13.6 Å². The molecule has 1 amide bonds. The number of hydrogen-bond donors (Lipinski definition) is 1. The largest absolute Gasteiger partial charge is 0.342 e. The van der Waals surface area contributed by atoms with E-state index in [2.05, 4.69) is 0 Å². The minimum Gasteiger partial charge on any atom is -0.342 e. The van der Waals surface area contributed by atoms with E-state index in [1.165, 1.54) is 0 Å². The molecular weight excluding hydrogens is 272 g/mol. The van der Waals surface area contributed by atoms with Crippen LogP contribution in [0, 0.1) is 5.92 Å². The lowest BCUT2D eigenvalue weighted by atomic mass is 10.2. The van der Waals surface area contributed by atoms with E-state index in [1.54, 1.807) is 16.2 Å². The second-order valence-corrected chi connectivity index (χ2v) is 7.27. The lowest BCUT2D eigenvalue weighted by Crippen LogP contribution is -2.31. The molecule has 0 bridgehead atoms. The van der Waals surface area contributed by atoms with Gasteiger partial charge in [0, 0.05) is 18.0 Å². The smallest absolute Gasteiger partial charge is 0.227 e. The summed E-state index contributed by atoms with van der Waals surface area (Å²) >= 11 is 1.56.